The molecule has 2 aromatic rings. The van der Waals surface area contributed by atoms with Crippen molar-refractivity contribution in [2.24, 2.45) is 7.05 Å². The lowest BCUT2D eigenvalue weighted by Gasteiger charge is -2.02. The minimum absolute atomic E-state index is 0.180. The number of benzene rings is 1. The molecule has 0 atom stereocenters. The monoisotopic (exact) mass is 188 g/mol. The maximum Gasteiger partial charge on any atom is 0.269 e. The number of aryl methyl sites for hydroxylation is 1. The third-order valence-electron chi connectivity index (χ3n) is 2.14. The smallest absolute Gasteiger partial charge is 0.269 e. The number of aldehydes is 1. The molecule has 0 aliphatic rings. The second kappa shape index (κ2) is 3.06. The van der Waals surface area contributed by atoms with E-state index in [0.717, 1.165) is 6.29 Å². The summed E-state index contributed by atoms with van der Waals surface area (Å²) in [5, 5.41) is 0. The minimum Gasteiger partial charge on any atom is -0.309 e. The van der Waals surface area contributed by atoms with Gasteiger partial charge in [0.05, 0.1) is 17.2 Å². The summed E-state index contributed by atoms with van der Waals surface area (Å²) < 4.78 is 1.47. The normalized spacial score (nSPS) is 10.4. The summed E-state index contributed by atoms with van der Waals surface area (Å²) in [7, 11) is 1.65. The van der Waals surface area contributed by atoms with E-state index in [0.29, 0.717) is 16.6 Å². The van der Waals surface area contributed by atoms with Gasteiger partial charge in [0.1, 0.15) is 6.29 Å². The molecule has 0 saturated heterocycles. The average Bonchev–Trinajstić information content (AvgIpc) is 2.23. The van der Waals surface area contributed by atoms with Crippen molar-refractivity contribution < 1.29 is 4.79 Å². The van der Waals surface area contributed by atoms with Crippen LogP contribution in [0.2, 0.25) is 0 Å². The molecule has 1 aromatic carbocycles. The lowest BCUT2D eigenvalue weighted by atomic mass is 10.2. The topological polar surface area (TPSA) is 52.0 Å². The van der Waals surface area contributed by atoms with Gasteiger partial charge >= 0.3 is 0 Å². The second-order valence-corrected chi connectivity index (χ2v) is 3.02. The first-order chi connectivity index (χ1) is 6.72. The molecule has 0 aliphatic heterocycles. The fraction of sp³-hybridized carbons (Fsp3) is 0.100. The van der Waals surface area contributed by atoms with Crippen LogP contribution >= 0.6 is 0 Å². The summed E-state index contributed by atoms with van der Waals surface area (Å²) in [5.74, 6) is 0. The molecule has 2 rings (SSSR count). The van der Waals surface area contributed by atoms with Crippen molar-refractivity contribution in [2.75, 3.05) is 0 Å². The van der Waals surface area contributed by atoms with E-state index < -0.39 is 0 Å². The Bertz CT molecular complexity index is 558. The standard InChI is InChI=1S/C10H8N2O2/c1-12-9-4-7(6-13)2-3-8(9)11-5-10(12)14/h2-6H,1H3. The molecule has 0 spiro atoms. The molecule has 0 unspecified atom stereocenters. The SMILES string of the molecule is Cn1c(=O)cnc2ccc(C=O)cc21. The molecule has 70 valence electrons. The van der Waals surface area contributed by atoms with Crippen LogP contribution in [0, 0.1) is 0 Å². The van der Waals surface area contributed by atoms with Gasteiger partial charge in [0.2, 0.25) is 0 Å². The largest absolute Gasteiger partial charge is 0.309 e. The number of rotatable bonds is 1. The van der Waals surface area contributed by atoms with Gasteiger partial charge in [0, 0.05) is 12.6 Å². The molecule has 4 nitrogen and oxygen atoms in total. The zero-order valence-corrected chi connectivity index (χ0v) is 7.60. The Kier molecular flexibility index (Phi) is 1.89. The van der Waals surface area contributed by atoms with E-state index >= 15 is 0 Å². The Morgan fingerprint density at radius 3 is 2.93 bits per heavy atom. The Balaban J connectivity index is 2.91. The maximum atomic E-state index is 11.2. The zero-order chi connectivity index (χ0) is 10.1. The molecule has 0 saturated carbocycles. The van der Waals surface area contributed by atoms with Crippen LogP contribution in [0.4, 0.5) is 0 Å². The predicted octanol–water partition coefficient (Wildman–Crippen LogP) is 0.746. The molecule has 4 heteroatoms. The highest BCUT2D eigenvalue weighted by Crippen LogP contribution is 2.09. The van der Waals surface area contributed by atoms with Crippen molar-refractivity contribution in [3.8, 4) is 0 Å². The third-order valence-corrected chi connectivity index (χ3v) is 2.14. The molecule has 1 heterocycles. The molecule has 0 bridgehead atoms. The van der Waals surface area contributed by atoms with Gasteiger partial charge in [-0.3, -0.25) is 9.59 Å². The fourth-order valence-electron chi connectivity index (χ4n) is 1.32. The van der Waals surface area contributed by atoms with Gasteiger partial charge in [-0.1, -0.05) is 0 Å². The quantitative estimate of drug-likeness (QED) is 0.620. The van der Waals surface area contributed by atoms with Gasteiger partial charge < -0.3 is 4.57 Å². The summed E-state index contributed by atoms with van der Waals surface area (Å²) in [4.78, 5) is 25.8. The summed E-state index contributed by atoms with van der Waals surface area (Å²) in [6.07, 6.45) is 2.01. The van der Waals surface area contributed by atoms with E-state index in [1.165, 1.54) is 10.8 Å². The van der Waals surface area contributed by atoms with Crippen molar-refractivity contribution in [3.05, 3.63) is 40.3 Å². The first-order valence-corrected chi connectivity index (χ1v) is 4.13. The second-order valence-electron chi connectivity index (χ2n) is 3.02. The molecule has 0 N–H and O–H groups in total. The minimum atomic E-state index is -0.180. The Labute approximate surface area is 79.8 Å². The molecule has 0 fully saturated rings. The number of carbonyl (C=O) groups excluding carboxylic acids is 1. The van der Waals surface area contributed by atoms with Crippen molar-refractivity contribution in [3.63, 3.8) is 0 Å². The highest BCUT2D eigenvalue weighted by molar-refractivity contribution is 5.84. The number of aromatic nitrogens is 2. The van der Waals surface area contributed by atoms with Gasteiger partial charge in [-0.05, 0) is 18.2 Å². The van der Waals surface area contributed by atoms with E-state index in [1.54, 1.807) is 25.2 Å². The van der Waals surface area contributed by atoms with E-state index in [4.69, 9.17) is 0 Å². The van der Waals surface area contributed by atoms with Crippen molar-refractivity contribution in [2.45, 2.75) is 0 Å². The van der Waals surface area contributed by atoms with E-state index in [9.17, 15) is 9.59 Å². The van der Waals surface area contributed by atoms with Gasteiger partial charge in [-0.15, -0.1) is 0 Å². The van der Waals surface area contributed by atoms with Crippen LogP contribution in [-0.2, 0) is 7.05 Å². The van der Waals surface area contributed by atoms with E-state index in [2.05, 4.69) is 4.98 Å². The van der Waals surface area contributed by atoms with Gasteiger partial charge in [-0.25, -0.2) is 4.98 Å². The number of carbonyl (C=O) groups is 1. The lowest BCUT2D eigenvalue weighted by Crippen LogP contribution is -2.16. The van der Waals surface area contributed by atoms with Crippen LogP contribution in [0.1, 0.15) is 10.4 Å². The van der Waals surface area contributed by atoms with Crippen LogP contribution in [-0.4, -0.2) is 15.8 Å². The van der Waals surface area contributed by atoms with E-state index in [-0.39, 0.29) is 5.56 Å². The molecule has 0 radical (unpaired) electrons. The van der Waals surface area contributed by atoms with Crippen molar-refractivity contribution in [1.29, 1.82) is 0 Å². The highest BCUT2D eigenvalue weighted by Gasteiger charge is 2.00. The lowest BCUT2D eigenvalue weighted by molar-refractivity contribution is 0.112. The van der Waals surface area contributed by atoms with Crippen LogP contribution in [0.5, 0.6) is 0 Å². The van der Waals surface area contributed by atoms with Gasteiger partial charge in [-0.2, -0.15) is 0 Å². The first kappa shape index (κ1) is 8.62. The summed E-state index contributed by atoms with van der Waals surface area (Å²) in [6.45, 7) is 0. The van der Waals surface area contributed by atoms with Gasteiger partial charge in [0.15, 0.2) is 0 Å². The number of nitrogens with zero attached hydrogens (tertiary/aromatic N) is 2. The molecule has 0 amide bonds. The number of hydrogen-bond donors (Lipinski definition) is 0. The van der Waals surface area contributed by atoms with Crippen LogP contribution in [0.15, 0.2) is 29.2 Å². The first-order valence-electron chi connectivity index (χ1n) is 4.13. The summed E-state index contributed by atoms with van der Waals surface area (Å²) in [5.41, 5.74) is 1.74. The third kappa shape index (κ3) is 1.21. The van der Waals surface area contributed by atoms with Crippen LogP contribution in [0.3, 0.4) is 0 Å². The average molecular weight is 188 g/mol. The van der Waals surface area contributed by atoms with Crippen LogP contribution in [0.25, 0.3) is 11.0 Å². The molecular weight excluding hydrogens is 180 g/mol. The van der Waals surface area contributed by atoms with E-state index in [1.807, 2.05) is 0 Å². The summed E-state index contributed by atoms with van der Waals surface area (Å²) >= 11 is 0. The Hall–Kier alpha value is -1.97. The zero-order valence-electron chi connectivity index (χ0n) is 7.60. The maximum absolute atomic E-state index is 11.2. The molecule has 1 aromatic heterocycles. The highest BCUT2D eigenvalue weighted by atomic mass is 16.1. The Morgan fingerprint density at radius 1 is 1.43 bits per heavy atom. The molecule has 0 aliphatic carbocycles. The van der Waals surface area contributed by atoms with Crippen molar-refractivity contribution >= 4 is 17.3 Å². The van der Waals surface area contributed by atoms with Gasteiger partial charge in [0.25, 0.3) is 5.56 Å². The number of fused-ring (bicyclic) bond motifs is 1. The Morgan fingerprint density at radius 2 is 2.21 bits per heavy atom. The molecular formula is C10H8N2O2. The van der Waals surface area contributed by atoms with Crippen molar-refractivity contribution in [1.82, 2.24) is 9.55 Å². The summed E-state index contributed by atoms with van der Waals surface area (Å²) in [6, 6.07) is 5.04. The van der Waals surface area contributed by atoms with Crippen LogP contribution < -0.4 is 5.56 Å². The predicted molar refractivity (Wildman–Crippen MR) is 52.4 cm³/mol. The molecule has 14 heavy (non-hydrogen) atoms. The fourth-order valence-corrected chi connectivity index (χ4v) is 1.32. The number of hydrogen-bond acceptors (Lipinski definition) is 3.